The number of amides is 3. The Hall–Kier alpha value is -2.90. The number of imide groups is 1. The van der Waals surface area contributed by atoms with Crippen molar-refractivity contribution in [3.8, 4) is 5.75 Å². The smallest absolute Gasteiger partial charge is 0.397 e. The van der Waals surface area contributed by atoms with Crippen molar-refractivity contribution in [1.29, 1.82) is 0 Å². The molecule has 1 aromatic rings. The van der Waals surface area contributed by atoms with Gasteiger partial charge in [0.25, 0.3) is 5.91 Å². The number of ether oxygens (including phenoxy) is 1. The van der Waals surface area contributed by atoms with E-state index in [9.17, 15) is 9.59 Å². The van der Waals surface area contributed by atoms with Gasteiger partial charge >= 0.3 is 12.0 Å². The molecule has 0 aromatic heterocycles. The number of nitrogens with zero attached hydrogens (tertiary/aromatic N) is 5. The van der Waals surface area contributed by atoms with Crippen LogP contribution in [0.3, 0.4) is 0 Å². The van der Waals surface area contributed by atoms with E-state index >= 15 is 0 Å². The van der Waals surface area contributed by atoms with Crippen LogP contribution in [0.4, 0.5) is 10.5 Å². The van der Waals surface area contributed by atoms with Crippen molar-refractivity contribution in [3.05, 3.63) is 23.8 Å². The average Bonchev–Trinajstić information content (AvgIpc) is 3.12. The number of benzene rings is 1. The molecule has 1 atom stereocenters. The molecule has 1 fully saturated rings. The van der Waals surface area contributed by atoms with Crippen LogP contribution in [0.2, 0.25) is 0 Å². The summed E-state index contributed by atoms with van der Waals surface area (Å²) in [7, 11) is 3.36. The highest BCUT2D eigenvalue weighted by Crippen LogP contribution is 2.33. The van der Waals surface area contributed by atoms with Crippen LogP contribution in [0, 0.1) is 12.8 Å². The first-order valence-corrected chi connectivity index (χ1v) is 10.6. The standard InChI is InChI=1S/C22H30N5O3/c1-14(2)9-12-27-20(28)18-19(24(4)22(27)29)23-21-25(10-6-11-26(18)21)16-13-15(3)7-8-17(16)30-5/h7-8,13-14,18H,6,9-12H2,1-5H3/q+1. The topological polar surface area (TPSA) is 68.5 Å². The third-order valence-corrected chi connectivity index (χ3v) is 5.97. The van der Waals surface area contributed by atoms with E-state index in [1.807, 2.05) is 23.6 Å². The summed E-state index contributed by atoms with van der Waals surface area (Å²) in [6.07, 6.45) is 1.67. The Labute approximate surface area is 177 Å². The van der Waals surface area contributed by atoms with Gasteiger partial charge in [0.05, 0.1) is 20.2 Å². The Kier molecular flexibility index (Phi) is 5.26. The predicted molar refractivity (Wildman–Crippen MR) is 115 cm³/mol. The van der Waals surface area contributed by atoms with Gasteiger partial charge in [0.2, 0.25) is 11.9 Å². The van der Waals surface area contributed by atoms with Crippen molar-refractivity contribution < 1.29 is 18.9 Å². The molecule has 30 heavy (non-hydrogen) atoms. The number of carbonyl (C=O) groups is 2. The highest BCUT2D eigenvalue weighted by molar-refractivity contribution is 6.24. The zero-order chi connectivity index (χ0) is 21.6. The van der Waals surface area contributed by atoms with Crippen LogP contribution < -0.4 is 9.64 Å². The molecule has 0 spiro atoms. The van der Waals surface area contributed by atoms with Crippen molar-refractivity contribution >= 4 is 29.4 Å². The Morgan fingerprint density at radius 2 is 2.07 bits per heavy atom. The Morgan fingerprint density at radius 3 is 2.77 bits per heavy atom. The number of hydrogen-bond donors (Lipinski definition) is 0. The minimum atomic E-state index is -0.548. The molecule has 1 saturated heterocycles. The number of methoxy groups -OCH3 is 1. The summed E-state index contributed by atoms with van der Waals surface area (Å²) >= 11 is 0. The molecule has 0 bridgehead atoms. The van der Waals surface area contributed by atoms with Crippen LogP contribution >= 0.6 is 0 Å². The first-order chi connectivity index (χ1) is 14.3. The summed E-state index contributed by atoms with van der Waals surface area (Å²) in [5.41, 5.74) is 2.05. The monoisotopic (exact) mass is 412 g/mol. The molecule has 3 heterocycles. The number of amidine groups is 1. The minimum Gasteiger partial charge on any atom is -0.493 e. The molecule has 3 aliphatic heterocycles. The molecule has 0 aliphatic carbocycles. The van der Waals surface area contributed by atoms with Gasteiger partial charge in [-0.25, -0.2) is 14.3 Å². The number of likely N-dealkylation sites (N-methyl/N-ethyl adjacent to an activating group) is 1. The second kappa shape index (κ2) is 7.74. The van der Waals surface area contributed by atoms with Crippen molar-refractivity contribution in [2.75, 3.05) is 38.7 Å². The summed E-state index contributed by atoms with van der Waals surface area (Å²) in [6.45, 7) is 8.16. The number of aryl methyl sites for hydroxylation is 1. The van der Waals surface area contributed by atoms with Crippen LogP contribution in [0.1, 0.15) is 32.3 Å². The summed E-state index contributed by atoms with van der Waals surface area (Å²) < 4.78 is 7.63. The number of guanidine groups is 1. The fourth-order valence-electron chi connectivity index (χ4n) is 4.28. The van der Waals surface area contributed by atoms with Gasteiger partial charge in [-0.05, 0) is 37.0 Å². The number of aliphatic imine (C=N–C) groups is 1. The normalized spacial score (nSPS) is 21.3. The maximum Gasteiger partial charge on any atom is 0.397 e. The van der Waals surface area contributed by atoms with E-state index in [2.05, 4.69) is 24.8 Å². The Bertz CT molecular complexity index is 952. The molecule has 1 unspecified atom stereocenters. The zero-order valence-corrected chi connectivity index (χ0v) is 18.4. The molecule has 8 heteroatoms. The molecule has 160 valence electrons. The molecule has 0 saturated carbocycles. The third kappa shape index (κ3) is 3.24. The molecule has 8 nitrogen and oxygen atoms in total. The van der Waals surface area contributed by atoms with E-state index in [4.69, 9.17) is 9.73 Å². The van der Waals surface area contributed by atoms with E-state index in [0.29, 0.717) is 24.3 Å². The zero-order valence-electron chi connectivity index (χ0n) is 18.4. The van der Waals surface area contributed by atoms with Gasteiger partial charge in [0.1, 0.15) is 5.69 Å². The SMILES string of the molecule is COc1ccc(C)cc1N1CCC[N+]2=C1N=C1C2C(=O)N(CCC(C)C)C(=O)N1C. The van der Waals surface area contributed by atoms with Gasteiger partial charge in [-0.2, -0.15) is 0 Å². The molecule has 1 aromatic carbocycles. The molecule has 3 aliphatic rings. The van der Waals surface area contributed by atoms with Crippen LogP contribution in [0.25, 0.3) is 0 Å². The lowest BCUT2D eigenvalue weighted by Crippen LogP contribution is -2.63. The lowest BCUT2D eigenvalue weighted by Gasteiger charge is -2.35. The fourth-order valence-corrected chi connectivity index (χ4v) is 4.28. The van der Waals surface area contributed by atoms with Gasteiger partial charge in [-0.1, -0.05) is 24.9 Å². The van der Waals surface area contributed by atoms with E-state index in [1.54, 1.807) is 14.2 Å². The number of rotatable bonds is 5. The molecule has 0 N–H and O–H groups in total. The number of anilines is 1. The molecular formula is C22H30N5O3+. The van der Waals surface area contributed by atoms with Gasteiger partial charge in [0.15, 0.2) is 5.75 Å². The van der Waals surface area contributed by atoms with E-state index in [-0.39, 0.29) is 11.9 Å². The van der Waals surface area contributed by atoms with Crippen molar-refractivity contribution in [2.24, 2.45) is 10.9 Å². The number of urea groups is 1. The minimum absolute atomic E-state index is 0.175. The van der Waals surface area contributed by atoms with Gasteiger partial charge in [-0.3, -0.25) is 14.6 Å². The molecular weight excluding hydrogens is 382 g/mol. The molecule has 3 amide bonds. The first kappa shape index (κ1) is 20.4. The van der Waals surface area contributed by atoms with Crippen LogP contribution in [0.15, 0.2) is 23.2 Å². The third-order valence-electron chi connectivity index (χ3n) is 5.97. The van der Waals surface area contributed by atoms with Crippen LogP contribution in [-0.4, -0.2) is 77.9 Å². The summed E-state index contributed by atoms with van der Waals surface area (Å²) in [4.78, 5) is 36.0. The predicted octanol–water partition coefficient (Wildman–Crippen LogP) is 2.30. The lowest BCUT2D eigenvalue weighted by atomic mass is 10.1. The van der Waals surface area contributed by atoms with Crippen molar-refractivity contribution in [3.63, 3.8) is 0 Å². The van der Waals surface area contributed by atoms with E-state index in [1.165, 1.54) is 9.80 Å². The largest absolute Gasteiger partial charge is 0.493 e. The van der Waals surface area contributed by atoms with Crippen molar-refractivity contribution in [1.82, 2.24) is 9.80 Å². The average molecular weight is 413 g/mol. The summed E-state index contributed by atoms with van der Waals surface area (Å²) in [5.74, 6) is 2.23. The van der Waals surface area contributed by atoms with Crippen LogP contribution in [0.5, 0.6) is 5.75 Å². The maximum atomic E-state index is 13.4. The molecule has 4 rings (SSSR count). The highest BCUT2D eigenvalue weighted by Gasteiger charge is 2.54. The summed E-state index contributed by atoms with van der Waals surface area (Å²) in [5, 5.41) is 0. The fraction of sp³-hybridized carbons (Fsp3) is 0.545. The highest BCUT2D eigenvalue weighted by atomic mass is 16.5. The second-order valence-electron chi connectivity index (χ2n) is 8.56. The molecule has 0 radical (unpaired) electrons. The number of fused-ring (bicyclic) bond motifs is 2. The van der Waals surface area contributed by atoms with Crippen molar-refractivity contribution in [2.45, 2.75) is 39.7 Å². The number of hydrogen-bond acceptors (Lipinski definition) is 5. The quantitative estimate of drug-likeness (QED) is 0.696. The first-order valence-electron chi connectivity index (χ1n) is 10.6. The Morgan fingerprint density at radius 1 is 1.30 bits per heavy atom. The number of carbonyl (C=O) groups excluding carboxylic acids is 2. The summed E-state index contributed by atoms with van der Waals surface area (Å²) in [6, 6.07) is 5.19. The van der Waals surface area contributed by atoms with Crippen LogP contribution in [-0.2, 0) is 4.79 Å². The van der Waals surface area contributed by atoms with Gasteiger partial charge in [0, 0.05) is 20.0 Å². The van der Waals surface area contributed by atoms with Gasteiger partial charge < -0.3 is 4.74 Å². The lowest BCUT2D eigenvalue weighted by molar-refractivity contribution is -0.539. The second-order valence-corrected chi connectivity index (χ2v) is 8.56. The maximum absolute atomic E-state index is 13.4. The Balaban J connectivity index is 1.74. The van der Waals surface area contributed by atoms with Gasteiger partial charge in [-0.15, -0.1) is 0 Å². The van der Waals surface area contributed by atoms with E-state index < -0.39 is 6.04 Å². The van der Waals surface area contributed by atoms with E-state index in [0.717, 1.165) is 42.9 Å².